The van der Waals surface area contributed by atoms with Crippen LogP contribution < -0.4 is 4.74 Å². The molecule has 5 rings (SSSR count). The Morgan fingerprint density at radius 2 is 2.00 bits per heavy atom. The zero-order valence-electron chi connectivity index (χ0n) is 18.7. The van der Waals surface area contributed by atoms with Gasteiger partial charge in [0, 0.05) is 42.5 Å². The molecule has 2 aromatic carbocycles. The Balaban J connectivity index is 1.35. The molecule has 3 aromatic rings. The summed E-state index contributed by atoms with van der Waals surface area (Å²) in [5.41, 5.74) is 2.92. The van der Waals surface area contributed by atoms with E-state index >= 15 is 0 Å². The van der Waals surface area contributed by atoms with Crippen LogP contribution in [0.4, 0.5) is 4.39 Å². The molecule has 2 heterocycles. The third-order valence-corrected chi connectivity index (χ3v) is 7.26. The highest BCUT2D eigenvalue weighted by Gasteiger charge is 2.29. The SMILES string of the molecule is COC(=O)[C@H]1CC[C@H](CN2CCOc3c(Cl)cc(-n4ccc5cc(F)ccc54)cc3C2)CC1. The summed E-state index contributed by atoms with van der Waals surface area (Å²) >= 11 is 6.65. The Kier molecular flexibility index (Phi) is 6.30. The quantitative estimate of drug-likeness (QED) is 0.466. The van der Waals surface area contributed by atoms with Crippen LogP contribution in [0, 0.1) is 17.7 Å². The Morgan fingerprint density at radius 1 is 1.18 bits per heavy atom. The van der Waals surface area contributed by atoms with Crippen molar-refractivity contribution in [2.45, 2.75) is 32.2 Å². The van der Waals surface area contributed by atoms with E-state index in [4.69, 9.17) is 21.1 Å². The molecular formula is C26H28ClFN2O3. The monoisotopic (exact) mass is 470 g/mol. The number of halogens is 2. The van der Waals surface area contributed by atoms with Gasteiger partial charge < -0.3 is 14.0 Å². The van der Waals surface area contributed by atoms with Crippen LogP contribution in [0.2, 0.25) is 5.02 Å². The smallest absolute Gasteiger partial charge is 0.308 e. The van der Waals surface area contributed by atoms with Gasteiger partial charge >= 0.3 is 5.97 Å². The van der Waals surface area contributed by atoms with Crippen LogP contribution in [0.1, 0.15) is 31.2 Å². The molecule has 174 valence electrons. The molecule has 0 unspecified atom stereocenters. The van der Waals surface area contributed by atoms with Crippen molar-refractivity contribution in [3.05, 3.63) is 59.0 Å². The van der Waals surface area contributed by atoms with E-state index in [-0.39, 0.29) is 17.7 Å². The number of nitrogens with zero attached hydrogens (tertiary/aromatic N) is 2. The molecule has 0 atom stereocenters. The zero-order chi connectivity index (χ0) is 22.9. The Morgan fingerprint density at radius 3 is 2.79 bits per heavy atom. The highest BCUT2D eigenvalue weighted by Crippen LogP contribution is 2.36. The first-order valence-corrected chi connectivity index (χ1v) is 11.9. The van der Waals surface area contributed by atoms with Crippen molar-refractivity contribution in [2.75, 3.05) is 26.8 Å². The molecule has 0 spiro atoms. The minimum Gasteiger partial charge on any atom is -0.490 e. The molecule has 1 saturated carbocycles. The van der Waals surface area contributed by atoms with Gasteiger partial charge in [-0.05, 0) is 68.0 Å². The maximum atomic E-state index is 13.6. The number of hydrogen-bond donors (Lipinski definition) is 0. The van der Waals surface area contributed by atoms with E-state index in [0.29, 0.717) is 17.5 Å². The van der Waals surface area contributed by atoms with E-state index < -0.39 is 0 Å². The van der Waals surface area contributed by atoms with Crippen molar-refractivity contribution < 1.29 is 18.7 Å². The fourth-order valence-corrected chi connectivity index (χ4v) is 5.54. The molecule has 1 aromatic heterocycles. The fraction of sp³-hybridized carbons (Fsp3) is 0.423. The largest absolute Gasteiger partial charge is 0.490 e. The number of benzene rings is 2. The first-order chi connectivity index (χ1) is 16.0. The third kappa shape index (κ3) is 4.59. The van der Waals surface area contributed by atoms with Crippen molar-refractivity contribution in [3.8, 4) is 11.4 Å². The minimum atomic E-state index is -0.245. The van der Waals surface area contributed by atoms with Crippen molar-refractivity contribution in [1.29, 1.82) is 0 Å². The lowest BCUT2D eigenvalue weighted by atomic mass is 9.82. The highest BCUT2D eigenvalue weighted by molar-refractivity contribution is 6.32. The summed E-state index contributed by atoms with van der Waals surface area (Å²) in [4.78, 5) is 14.3. The average molecular weight is 471 g/mol. The molecule has 5 nitrogen and oxygen atoms in total. The van der Waals surface area contributed by atoms with E-state index in [9.17, 15) is 9.18 Å². The number of esters is 1. The molecular weight excluding hydrogens is 443 g/mol. The minimum absolute atomic E-state index is 0.0469. The van der Waals surface area contributed by atoms with Gasteiger partial charge in [0.15, 0.2) is 0 Å². The second-order valence-corrected chi connectivity index (χ2v) is 9.54. The maximum absolute atomic E-state index is 13.6. The van der Waals surface area contributed by atoms with Gasteiger partial charge in [-0.3, -0.25) is 9.69 Å². The lowest BCUT2D eigenvalue weighted by molar-refractivity contribution is -0.146. The van der Waals surface area contributed by atoms with E-state index in [2.05, 4.69) is 11.0 Å². The summed E-state index contributed by atoms with van der Waals surface area (Å²) in [7, 11) is 1.47. The van der Waals surface area contributed by atoms with Crippen molar-refractivity contribution in [2.24, 2.45) is 11.8 Å². The van der Waals surface area contributed by atoms with Crippen LogP contribution in [-0.2, 0) is 16.1 Å². The molecule has 7 heteroatoms. The summed E-state index contributed by atoms with van der Waals surface area (Å²) < 4.78 is 26.6. The van der Waals surface area contributed by atoms with Gasteiger partial charge in [-0.15, -0.1) is 0 Å². The lowest BCUT2D eigenvalue weighted by Gasteiger charge is -2.31. The van der Waals surface area contributed by atoms with E-state index in [0.717, 1.165) is 73.2 Å². The summed E-state index contributed by atoms with van der Waals surface area (Å²) in [6, 6.07) is 10.7. The van der Waals surface area contributed by atoms with Crippen LogP contribution in [0.25, 0.3) is 16.6 Å². The third-order valence-electron chi connectivity index (χ3n) is 6.98. The topological polar surface area (TPSA) is 43.7 Å². The van der Waals surface area contributed by atoms with Crippen LogP contribution in [0.3, 0.4) is 0 Å². The van der Waals surface area contributed by atoms with Gasteiger partial charge in [-0.1, -0.05) is 11.6 Å². The standard InChI is InChI=1S/C26H28ClFN2O3/c1-32-26(31)18-4-2-17(3-5-18)15-29-10-11-33-25-20(16-29)13-22(14-23(25)27)30-9-8-19-12-21(28)6-7-24(19)30/h6-9,12-14,17-18H,2-5,10-11,15-16H2,1H3/t17-,18-. The summed E-state index contributed by atoms with van der Waals surface area (Å²) in [6.45, 7) is 3.16. The van der Waals surface area contributed by atoms with Gasteiger partial charge in [-0.2, -0.15) is 0 Å². The van der Waals surface area contributed by atoms with E-state index in [1.807, 2.05) is 22.9 Å². The molecule has 0 amide bonds. The van der Waals surface area contributed by atoms with E-state index in [1.54, 1.807) is 6.07 Å². The Labute approximate surface area is 198 Å². The van der Waals surface area contributed by atoms with Gasteiger partial charge in [0.25, 0.3) is 0 Å². The Bertz CT molecular complexity index is 1170. The molecule has 33 heavy (non-hydrogen) atoms. The van der Waals surface area contributed by atoms with Gasteiger partial charge in [-0.25, -0.2) is 4.39 Å². The normalized spacial score (nSPS) is 21.3. The van der Waals surface area contributed by atoms with Crippen molar-refractivity contribution in [1.82, 2.24) is 9.47 Å². The molecule has 0 bridgehead atoms. The molecule has 2 aliphatic rings. The van der Waals surface area contributed by atoms with Crippen LogP contribution in [0.15, 0.2) is 42.6 Å². The predicted molar refractivity (Wildman–Crippen MR) is 126 cm³/mol. The van der Waals surface area contributed by atoms with Crippen LogP contribution in [0.5, 0.6) is 5.75 Å². The maximum Gasteiger partial charge on any atom is 0.308 e. The van der Waals surface area contributed by atoms with Crippen molar-refractivity contribution in [3.63, 3.8) is 0 Å². The molecule has 1 fully saturated rings. The van der Waals surface area contributed by atoms with Crippen molar-refractivity contribution >= 4 is 28.5 Å². The molecule has 0 N–H and O–H groups in total. The van der Waals surface area contributed by atoms with Gasteiger partial charge in [0.1, 0.15) is 18.2 Å². The summed E-state index contributed by atoms with van der Waals surface area (Å²) in [6.07, 6.45) is 5.82. The first kappa shape index (κ1) is 22.2. The summed E-state index contributed by atoms with van der Waals surface area (Å²) in [5.74, 6) is 1.04. The highest BCUT2D eigenvalue weighted by atomic mass is 35.5. The molecule has 1 aliphatic carbocycles. The number of ether oxygens (including phenoxy) is 2. The summed E-state index contributed by atoms with van der Waals surface area (Å²) in [5, 5.41) is 1.44. The van der Waals surface area contributed by atoms with Crippen LogP contribution in [-0.4, -0.2) is 42.2 Å². The Hall–Kier alpha value is -2.57. The number of carbonyl (C=O) groups excluding carboxylic acids is 1. The lowest BCUT2D eigenvalue weighted by Crippen LogP contribution is -2.34. The molecule has 0 saturated heterocycles. The number of rotatable bonds is 4. The second-order valence-electron chi connectivity index (χ2n) is 9.13. The number of hydrogen-bond acceptors (Lipinski definition) is 4. The molecule has 0 radical (unpaired) electrons. The number of carbonyl (C=O) groups is 1. The van der Waals surface area contributed by atoms with E-state index in [1.165, 1.54) is 19.2 Å². The van der Waals surface area contributed by atoms with Crippen LogP contribution >= 0.6 is 11.6 Å². The number of fused-ring (bicyclic) bond motifs is 2. The molecule has 1 aliphatic heterocycles. The first-order valence-electron chi connectivity index (χ1n) is 11.5. The predicted octanol–water partition coefficient (Wildman–Crippen LogP) is 5.60. The average Bonchev–Trinajstić information content (AvgIpc) is 3.12. The van der Waals surface area contributed by atoms with Gasteiger partial charge in [0.05, 0.1) is 23.6 Å². The second kappa shape index (κ2) is 9.35. The zero-order valence-corrected chi connectivity index (χ0v) is 19.5. The van der Waals surface area contributed by atoms with Gasteiger partial charge in [0.2, 0.25) is 0 Å². The fourth-order valence-electron chi connectivity index (χ4n) is 5.26. The number of methoxy groups -OCH3 is 1. The number of aromatic nitrogens is 1.